The summed E-state index contributed by atoms with van der Waals surface area (Å²) in [6.07, 6.45) is -0.272. The van der Waals surface area contributed by atoms with Gasteiger partial charge in [-0.05, 0) is 52.3 Å². The maximum absolute atomic E-state index is 12.3. The minimum atomic E-state index is -0.954. The number of hydrogen-bond donors (Lipinski definition) is 1. The first-order chi connectivity index (χ1) is 12.6. The summed E-state index contributed by atoms with van der Waals surface area (Å²) in [6, 6.07) is 5.15. The molecule has 1 heterocycles. The predicted octanol–water partition coefficient (Wildman–Crippen LogP) is 3.01. The van der Waals surface area contributed by atoms with Gasteiger partial charge >= 0.3 is 12.1 Å². The number of aryl methyl sites for hydroxylation is 1. The molecule has 7 nitrogen and oxygen atoms in total. The average Bonchev–Trinajstić information content (AvgIpc) is 2.54. The topological polar surface area (TPSA) is 79.3 Å². The molecular weight excluding hydrogens is 348 g/mol. The summed E-state index contributed by atoms with van der Waals surface area (Å²) >= 11 is 0. The molecule has 2 rings (SSSR count). The lowest BCUT2D eigenvalue weighted by atomic mass is 10.1. The monoisotopic (exact) mass is 378 g/mol. The molecule has 1 saturated heterocycles. The van der Waals surface area contributed by atoms with Crippen LogP contribution in [0.15, 0.2) is 18.2 Å². The molecule has 0 aromatic heterocycles. The van der Waals surface area contributed by atoms with Crippen LogP contribution >= 0.6 is 0 Å². The minimum Gasteiger partial charge on any atom is -0.492 e. The van der Waals surface area contributed by atoms with Crippen LogP contribution in [0.2, 0.25) is 0 Å². The van der Waals surface area contributed by atoms with E-state index < -0.39 is 11.6 Å². The van der Waals surface area contributed by atoms with E-state index in [1.165, 1.54) is 0 Å². The third-order valence-corrected chi connectivity index (χ3v) is 4.46. The molecule has 1 unspecified atom stereocenters. The lowest BCUT2D eigenvalue weighted by Gasteiger charge is -2.40. The van der Waals surface area contributed by atoms with E-state index in [0.29, 0.717) is 31.0 Å². The molecule has 1 aliphatic rings. The van der Waals surface area contributed by atoms with Gasteiger partial charge in [-0.1, -0.05) is 6.07 Å². The SMILES string of the molecule is Cc1ccc(OCCN2CCN(C(=O)OC(C)(C)C)C(C)C2)cc1C(=O)O. The van der Waals surface area contributed by atoms with E-state index in [4.69, 9.17) is 9.47 Å². The number of benzene rings is 1. The number of rotatable bonds is 5. The zero-order chi connectivity index (χ0) is 20.2. The number of nitrogens with zero attached hydrogens (tertiary/aromatic N) is 2. The van der Waals surface area contributed by atoms with Gasteiger partial charge < -0.3 is 19.5 Å². The van der Waals surface area contributed by atoms with Gasteiger partial charge in [-0.3, -0.25) is 4.90 Å². The van der Waals surface area contributed by atoms with Crippen molar-refractivity contribution in [1.29, 1.82) is 0 Å². The van der Waals surface area contributed by atoms with Crippen LogP contribution in [0.1, 0.15) is 43.6 Å². The molecule has 7 heteroatoms. The Labute approximate surface area is 160 Å². The molecule has 150 valence electrons. The molecular formula is C20H30N2O5. The zero-order valence-electron chi connectivity index (χ0n) is 16.8. The average molecular weight is 378 g/mol. The summed E-state index contributed by atoms with van der Waals surface area (Å²) in [7, 11) is 0. The fraction of sp³-hybridized carbons (Fsp3) is 0.600. The number of carbonyl (C=O) groups is 2. The van der Waals surface area contributed by atoms with E-state index in [2.05, 4.69) is 4.90 Å². The van der Waals surface area contributed by atoms with Crippen molar-refractivity contribution in [3.63, 3.8) is 0 Å². The summed E-state index contributed by atoms with van der Waals surface area (Å²) in [6.45, 7) is 12.7. The summed E-state index contributed by atoms with van der Waals surface area (Å²) in [5.74, 6) is -0.400. The van der Waals surface area contributed by atoms with Crippen molar-refractivity contribution in [2.45, 2.75) is 46.3 Å². The molecule has 1 N–H and O–H groups in total. The van der Waals surface area contributed by atoms with Gasteiger partial charge in [0.05, 0.1) is 5.56 Å². The fourth-order valence-corrected chi connectivity index (χ4v) is 3.04. The number of carboxylic acids is 1. The Kier molecular flexibility index (Phi) is 6.70. The van der Waals surface area contributed by atoms with Crippen LogP contribution in [0.25, 0.3) is 0 Å². The Morgan fingerprint density at radius 3 is 2.56 bits per heavy atom. The molecule has 1 amide bonds. The van der Waals surface area contributed by atoms with Gasteiger partial charge in [-0.2, -0.15) is 0 Å². The molecule has 0 aliphatic carbocycles. The van der Waals surface area contributed by atoms with Gasteiger partial charge in [0.25, 0.3) is 0 Å². The van der Waals surface area contributed by atoms with Crippen molar-refractivity contribution in [3.05, 3.63) is 29.3 Å². The molecule has 0 radical (unpaired) electrons. The van der Waals surface area contributed by atoms with Gasteiger partial charge in [0.2, 0.25) is 0 Å². The lowest BCUT2D eigenvalue weighted by Crippen LogP contribution is -2.55. The van der Waals surface area contributed by atoms with Crippen molar-refractivity contribution in [2.24, 2.45) is 0 Å². The maximum atomic E-state index is 12.3. The molecule has 0 saturated carbocycles. The number of carbonyl (C=O) groups excluding carboxylic acids is 1. The molecule has 1 atom stereocenters. The normalized spacial score (nSPS) is 18.3. The van der Waals surface area contributed by atoms with E-state index in [0.717, 1.165) is 13.1 Å². The van der Waals surface area contributed by atoms with E-state index in [9.17, 15) is 14.7 Å². The Morgan fingerprint density at radius 1 is 1.26 bits per heavy atom. The fourth-order valence-electron chi connectivity index (χ4n) is 3.04. The first-order valence-electron chi connectivity index (χ1n) is 9.25. The van der Waals surface area contributed by atoms with Crippen molar-refractivity contribution < 1.29 is 24.2 Å². The number of ether oxygens (including phenoxy) is 2. The quantitative estimate of drug-likeness (QED) is 0.848. The van der Waals surface area contributed by atoms with Gasteiger partial charge in [-0.15, -0.1) is 0 Å². The molecule has 1 aromatic carbocycles. The second-order valence-electron chi connectivity index (χ2n) is 7.95. The highest BCUT2D eigenvalue weighted by Gasteiger charge is 2.30. The second kappa shape index (κ2) is 8.61. The van der Waals surface area contributed by atoms with E-state index in [-0.39, 0.29) is 17.7 Å². The van der Waals surface area contributed by atoms with Crippen LogP contribution in [-0.2, 0) is 4.74 Å². The standard InChI is InChI=1S/C20H30N2O5/c1-14-6-7-16(12-17(14)18(23)24)26-11-10-21-8-9-22(15(2)13-21)19(25)27-20(3,4)5/h6-7,12,15H,8-11,13H2,1-5H3,(H,23,24). The number of piperazine rings is 1. The zero-order valence-corrected chi connectivity index (χ0v) is 16.8. The van der Waals surface area contributed by atoms with E-state index >= 15 is 0 Å². The van der Waals surface area contributed by atoms with Crippen molar-refractivity contribution in [1.82, 2.24) is 9.80 Å². The Morgan fingerprint density at radius 2 is 1.96 bits per heavy atom. The molecule has 1 fully saturated rings. The van der Waals surface area contributed by atoms with Crippen molar-refractivity contribution in [2.75, 3.05) is 32.8 Å². The predicted molar refractivity (Wildman–Crippen MR) is 102 cm³/mol. The number of amides is 1. The second-order valence-corrected chi connectivity index (χ2v) is 7.95. The Bertz CT molecular complexity index is 683. The first kappa shape index (κ1) is 21.0. The van der Waals surface area contributed by atoms with Crippen LogP contribution < -0.4 is 4.74 Å². The van der Waals surface area contributed by atoms with Gasteiger partial charge in [0.15, 0.2) is 0 Å². The Hall–Kier alpha value is -2.28. The highest BCUT2D eigenvalue weighted by atomic mass is 16.6. The summed E-state index contributed by atoms with van der Waals surface area (Å²) in [5.41, 5.74) is 0.471. The molecule has 0 spiro atoms. The third kappa shape index (κ3) is 6.13. The van der Waals surface area contributed by atoms with Crippen molar-refractivity contribution >= 4 is 12.1 Å². The van der Waals surface area contributed by atoms with E-state index in [1.807, 2.05) is 27.7 Å². The van der Waals surface area contributed by atoms with Crippen LogP contribution in [0.3, 0.4) is 0 Å². The third-order valence-electron chi connectivity index (χ3n) is 4.46. The van der Waals surface area contributed by atoms with Crippen LogP contribution in [0.5, 0.6) is 5.75 Å². The van der Waals surface area contributed by atoms with Gasteiger partial charge in [0, 0.05) is 32.2 Å². The van der Waals surface area contributed by atoms with E-state index in [1.54, 1.807) is 30.0 Å². The summed E-state index contributed by atoms with van der Waals surface area (Å²) in [5, 5.41) is 9.18. The van der Waals surface area contributed by atoms with Gasteiger partial charge in [0.1, 0.15) is 18.0 Å². The summed E-state index contributed by atoms with van der Waals surface area (Å²) < 4.78 is 11.2. The number of carboxylic acid groups (broad SMARTS) is 1. The first-order valence-corrected chi connectivity index (χ1v) is 9.25. The molecule has 27 heavy (non-hydrogen) atoms. The van der Waals surface area contributed by atoms with Crippen LogP contribution in [0.4, 0.5) is 4.79 Å². The number of hydrogen-bond acceptors (Lipinski definition) is 5. The summed E-state index contributed by atoms with van der Waals surface area (Å²) in [4.78, 5) is 27.5. The number of aromatic carboxylic acids is 1. The van der Waals surface area contributed by atoms with Gasteiger partial charge in [-0.25, -0.2) is 9.59 Å². The Balaban J connectivity index is 1.81. The highest BCUT2D eigenvalue weighted by Crippen LogP contribution is 2.18. The lowest BCUT2D eigenvalue weighted by molar-refractivity contribution is 0.000335. The highest BCUT2D eigenvalue weighted by molar-refractivity contribution is 5.89. The van der Waals surface area contributed by atoms with Crippen LogP contribution in [-0.4, -0.2) is 71.4 Å². The van der Waals surface area contributed by atoms with Crippen LogP contribution in [0, 0.1) is 6.92 Å². The van der Waals surface area contributed by atoms with Crippen molar-refractivity contribution in [3.8, 4) is 5.75 Å². The largest absolute Gasteiger partial charge is 0.492 e. The molecule has 0 bridgehead atoms. The molecule has 1 aliphatic heterocycles. The molecule has 1 aromatic rings. The minimum absolute atomic E-state index is 0.0617. The smallest absolute Gasteiger partial charge is 0.410 e. The maximum Gasteiger partial charge on any atom is 0.410 e.